The number of hydrogen-bond donors (Lipinski definition) is 2. The predicted molar refractivity (Wildman–Crippen MR) is 89.9 cm³/mol. The second-order valence-electron chi connectivity index (χ2n) is 5.28. The van der Waals surface area contributed by atoms with Crippen molar-refractivity contribution in [2.75, 3.05) is 13.7 Å². The van der Waals surface area contributed by atoms with Gasteiger partial charge < -0.3 is 15.8 Å². The van der Waals surface area contributed by atoms with Crippen LogP contribution >= 0.6 is 11.3 Å². The molecule has 2 atom stereocenters. The molecule has 1 aromatic heterocycles. The van der Waals surface area contributed by atoms with Crippen molar-refractivity contribution in [3.05, 3.63) is 57.8 Å². The Labute approximate surface area is 135 Å². The van der Waals surface area contributed by atoms with Crippen molar-refractivity contribution >= 4 is 17.2 Å². The minimum atomic E-state index is -0.649. The quantitative estimate of drug-likeness (QED) is 0.824. The van der Waals surface area contributed by atoms with Gasteiger partial charge in [-0.25, -0.2) is 0 Å². The number of nitrogens with one attached hydrogen (secondary N) is 1. The minimum Gasteiger partial charge on any atom is -0.383 e. The van der Waals surface area contributed by atoms with E-state index in [9.17, 15) is 4.79 Å². The van der Waals surface area contributed by atoms with Crippen LogP contribution in [0, 0.1) is 6.92 Å². The molecule has 0 fully saturated rings. The molecule has 0 radical (unpaired) electrons. The largest absolute Gasteiger partial charge is 0.383 e. The van der Waals surface area contributed by atoms with E-state index in [2.05, 4.69) is 30.4 Å². The summed E-state index contributed by atoms with van der Waals surface area (Å²) < 4.78 is 4.96. The van der Waals surface area contributed by atoms with Gasteiger partial charge >= 0.3 is 0 Å². The summed E-state index contributed by atoms with van der Waals surface area (Å²) in [6.07, 6.45) is 0.744. The van der Waals surface area contributed by atoms with E-state index >= 15 is 0 Å². The number of rotatable bonds is 7. The number of hydrogen-bond acceptors (Lipinski definition) is 4. The molecule has 4 nitrogen and oxygen atoms in total. The van der Waals surface area contributed by atoms with Crippen LogP contribution < -0.4 is 11.1 Å². The Hall–Kier alpha value is -1.69. The van der Waals surface area contributed by atoms with Crippen LogP contribution in [0.4, 0.5) is 0 Å². The summed E-state index contributed by atoms with van der Waals surface area (Å²) in [7, 11) is 1.54. The third-order valence-electron chi connectivity index (χ3n) is 3.50. The zero-order chi connectivity index (χ0) is 15.9. The highest BCUT2D eigenvalue weighted by Gasteiger charge is 2.21. The molecule has 0 aliphatic heterocycles. The molecular formula is C17H22N2O2S. The van der Waals surface area contributed by atoms with Crippen LogP contribution in [0.25, 0.3) is 0 Å². The first-order chi connectivity index (χ1) is 10.6. The molecule has 0 bridgehead atoms. The molecule has 3 N–H and O–H groups in total. The fraction of sp³-hybridized carbons (Fsp3) is 0.353. The number of ether oxygens (including phenoxy) is 1. The highest BCUT2D eigenvalue weighted by Crippen LogP contribution is 2.27. The summed E-state index contributed by atoms with van der Waals surface area (Å²) in [5.74, 6) is -0.185. The third-order valence-corrected chi connectivity index (χ3v) is 4.63. The monoisotopic (exact) mass is 318 g/mol. The number of carbonyl (C=O) groups is 1. The Bertz CT molecular complexity index is 598. The summed E-state index contributed by atoms with van der Waals surface area (Å²) in [5.41, 5.74) is 8.20. The Morgan fingerprint density at radius 3 is 2.64 bits per heavy atom. The first kappa shape index (κ1) is 16.7. The van der Waals surface area contributed by atoms with E-state index in [-0.39, 0.29) is 18.6 Å². The summed E-state index contributed by atoms with van der Waals surface area (Å²) in [6.45, 7) is 2.28. The molecule has 0 spiro atoms. The van der Waals surface area contributed by atoms with Gasteiger partial charge in [-0.05, 0) is 35.9 Å². The summed E-state index contributed by atoms with van der Waals surface area (Å²) in [6, 6.07) is 11.5. The van der Waals surface area contributed by atoms with E-state index < -0.39 is 6.04 Å². The van der Waals surface area contributed by atoms with E-state index in [0.29, 0.717) is 0 Å². The maximum Gasteiger partial charge on any atom is 0.239 e. The average Bonchev–Trinajstić information content (AvgIpc) is 2.94. The molecule has 1 amide bonds. The van der Waals surface area contributed by atoms with Gasteiger partial charge in [0.25, 0.3) is 0 Å². The van der Waals surface area contributed by atoms with E-state index in [4.69, 9.17) is 10.5 Å². The molecule has 0 aliphatic carbocycles. The second kappa shape index (κ2) is 8.08. The van der Waals surface area contributed by atoms with Crippen molar-refractivity contribution in [3.8, 4) is 0 Å². The van der Waals surface area contributed by atoms with Crippen molar-refractivity contribution in [1.29, 1.82) is 0 Å². The lowest BCUT2D eigenvalue weighted by atomic mass is 10.0. The molecule has 5 heteroatoms. The molecule has 0 saturated carbocycles. The Morgan fingerprint density at radius 2 is 2.05 bits per heavy atom. The average molecular weight is 318 g/mol. The SMILES string of the molecule is COCC(N)C(=O)NC(Cc1ccccc1)c1sccc1C. The Balaban J connectivity index is 2.15. The van der Waals surface area contributed by atoms with E-state index in [1.54, 1.807) is 11.3 Å². The van der Waals surface area contributed by atoms with Gasteiger partial charge in [0.15, 0.2) is 0 Å². The van der Waals surface area contributed by atoms with Gasteiger partial charge in [-0.15, -0.1) is 11.3 Å². The lowest BCUT2D eigenvalue weighted by Gasteiger charge is -2.21. The standard InChI is InChI=1S/C17H22N2O2S/c1-12-8-9-22-16(12)15(10-13-6-4-3-5-7-13)19-17(20)14(18)11-21-2/h3-9,14-15H,10-11,18H2,1-2H3,(H,19,20). The van der Waals surface area contributed by atoms with Crippen LogP contribution in [-0.2, 0) is 16.0 Å². The normalized spacial score (nSPS) is 13.6. The lowest BCUT2D eigenvalue weighted by molar-refractivity contribution is -0.124. The minimum absolute atomic E-state index is 0.0715. The molecule has 2 aromatic rings. The van der Waals surface area contributed by atoms with Crippen LogP contribution in [0.3, 0.4) is 0 Å². The van der Waals surface area contributed by atoms with Crippen molar-refractivity contribution in [2.45, 2.75) is 25.4 Å². The first-order valence-corrected chi connectivity index (χ1v) is 8.12. The number of aryl methyl sites for hydroxylation is 1. The molecule has 1 aromatic carbocycles. The number of thiophene rings is 1. The van der Waals surface area contributed by atoms with Gasteiger partial charge in [-0.1, -0.05) is 30.3 Å². The fourth-order valence-electron chi connectivity index (χ4n) is 2.33. The Morgan fingerprint density at radius 1 is 1.32 bits per heavy atom. The van der Waals surface area contributed by atoms with Crippen molar-refractivity contribution < 1.29 is 9.53 Å². The zero-order valence-electron chi connectivity index (χ0n) is 12.9. The Kier molecular flexibility index (Phi) is 6.12. The number of carbonyl (C=O) groups excluding carboxylic acids is 1. The predicted octanol–water partition coefficient (Wildman–Crippen LogP) is 2.43. The fourth-order valence-corrected chi connectivity index (χ4v) is 3.31. The van der Waals surface area contributed by atoms with E-state index in [0.717, 1.165) is 6.42 Å². The highest BCUT2D eigenvalue weighted by atomic mass is 32.1. The molecule has 2 rings (SSSR count). The number of benzene rings is 1. The third kappa shape index (κ3) is 4.40. The van der Waals surface area contributed by atoms with Crippen LogP contribution in [0.5, 0.6) is 0 Å². The van der Waals surface area contributed by atoms with E-state index in [1.807, 2.05) is 23.6 Å². The topological polar surface area (TPSA) is 64.3 Å². The van der Waals surface area contributed by atoms with Crippen LogP contribution in [0.1, 0.15) is 22.0 Å². The molecule has 2 unspecified atom stereocenters. The lowest BCUT2D eigenvalue weighted by Crippen LogP contribution is -2.45. The van der Waals surface area contributed by atoms with E-state index in [1.165, 1.54) is 23.1 Å². The number of methoxy groups -OCH3 is 1. The maximum absolute atomic E-state index is 12.2. The molecule has 0 aliphatic rings. The molecule has 0 saturated heterocycles. The van der Waals surface area contributed by atoms with Crippen LogP contribution in [0.2, 0.25) is 0 Å². The molecule has 118 valence electrons. The summed E-state index contributed by atoms with van der Waals surface area (Å²) in [5, 5.41) is 5.11. The van der Waals surface area contributed by atoms with Gasteiger partial charge in [0, 0.05) is 12.0 Å². The molecule has 1 heterocycles. The van der Waals surface area contributed by atoms with Gasteiger partial charge in [-0.3, -0.25) is 4.79 Å². The summed E-state index contributed by atoms with van der Waals surface area (Å²) >= 11 is 1.66. The van der Waals surface area contributed by atoms with Crippen LogP contribution in [-0.4, -0.2) is 25.7 Å². The molecular weight excluding hydrogens is 296 g/mol. The smallest absolute Gasteiger partial charge is 0.239 e. The maximum atomic E-state index is 12.2. The second-order valence-corrected chi connectivity index (χ2v) is 6.23. The first-order valence-electron chi connectivity index (χ1n) is 7.24. The van der Waals surface area contributed by atoms with Gasteiger partial charge in [0.1, 0.15) is 6.04 Å². The number of amides is 1. The van der Waals surface area contributed by atoms with Crippen molar-refractivity contribution in [3.63, 3.8) is 0 Å². The van der Waals surface area contributed by atoms with Gasteiger partial charge in [0.05, 0.1) is 12.6 Å². The zero-order valence-corrected chi connectivity index (χ0v) is 13.7. The van der Waals surface area contributed by atoms with Gasteiger partial charge in [0.2, 0.25) is 5.91 Å². The van der Waals surface area contributed by atoms with Crippen LogP contribution in [0.15, 0.2) is 41.8 Å². The molecule has 22 heavy (non-hydrogen) atoms. The van der Waals surface area contributed by atoms with Gasteiger partial charge in [-0.2, -0.15) is 0 Å². The van der Waals surface area contributed by atoms with Crippen molar-refractivity contribution in [1.82, 2.24) is 5.32 Å². The number of nitrogens with two attached hydrogens (primary N) is 1. The highest BCUT2D eigenvalue weighted by molar-refractivity contribution is 7.10. The summed E-state index contributed by atoms with van der Waals surface area (Å²) in [4.78, 5) is 13.4. The van der Waals surface area contributed by atoms with Crippen molar-refractivity contribution in [2.24, 2.45) is 5.73 Å².